The molecule has 1 amide bonds. The Morgan fingerprint density at radius 1 is 0.463 bits per heavy atom. The molecule has 0 aliphatic heterocycles. The van der Waals surface area contributed by atoms with Crippen molar-refractivity contribution in [1.29, 1.82) is 0 Å². The third-order valence-corrected chi connectivity index (χ3v) is 9.24. The summed E-state index contributed by atoms with van der Waals surface area (Å²) in [4.78, 5) is 12.2. The van der Waals surface area contributed by atoms with Crippen LogP contribution in [0.2, 0.25) is 0 Å². The number of carbonyl (C=O) groups is 1. The Morgan fingerprint density at radius 2 is 0.815 bits per heavy atom. The Kier molecular flexibility index (Phi) is 42.0. The minimum atomic E-state index is -0.840. The molecule has 0 saturated heterocycles. The molecule has 0 spiro atoms. The van der Waals surface area contributed by atoms with Gasteiger partial charge < -0.3 is 15.5 Å². The van der Waals surface area contributed by atoms with E-state index in [2.05, 4.69) is 116 Å². The highest BCUT2D eigenvalue weighted by atomic mass is 16.3. The molecule has 0 aromatic rings. The second-order valence-corrected chi connectivity index (χ2v) is 14.4. The van der Waals surface area contributed by atoms with Gasteiger partial charge in [0.15, 0.2) is 0 Å². The van der Waals surface area contributed by atoms with Gasteiger partial charge in [-0.15, -0.1) is 0 Å². The summed E-state index contributed by atoms with van der Waals surface area (Å²) >= 11 is 0. The van der Waals surface area contributed by atoms with E-state index in [0.29, 0.717) is 6.42 Å². The van der Waals surface area contributed by atoms with Gasteiger partial charge in [-0.3, -0.25) is 4.79 Å². The SMILES string of the molecule is CC/C=C\C/C=C\C/C=C\C/C=C\C/C=C\C/C=C\C/C=C\C/C=C\CCCCCCCCCCCCCCCCC(=O)NC(CO)C(O)/C=C/CCC. The number of carbonyl (C=O) groups excluding carboxylic acids is 1. The Labute approximate surface area is 334 Å². The zero-order valence-electron chi connectivity index (χ0n) is 34.9. The van der Waals surface area contributed by atoms with Gasteiger partial charge in [0.05, 0.1) is 18.8 Å². The van der Waals surface area contributed by atoms with Gasteiger partial charge in [0, 0.05) is 6.42 Å². The molecule has 3 N–H and O–H groups in total. The molecule has 4 heteroatoms. The van der Waals surface area contributed by atoms with E-state index in [9.17, 15) is 15.0 Å². The number of rotatable bonds is 38. The number of aliphatic hydroxyl groups is 2. The van der Waals surface area contributed by atoms with E-state index in [4.69, 9.17) is 0 Å². The fourth-order valence-electron chi connectivity index (χ4n) is 5.91. The van der Waals surface area contributed by atoms with Crippen LogP contribution in [0, 0.1) is 0 Å². The predicted molar refractivity (Wildman–Crippen MR) is 239 cm³/mol. The molecule has 2 atom stereocenters. The molecule has 0 fully saturated rings. The van der Waals surface area contributed by atoms with E-state index < -0.39 is 12.1 Å². The third kappa shape index (κ3) is 40.2. The lowest BCUT2D eigenvalue weighted by molar-refractivity contribution is -0.123. The lowest BCUT2D eigenvalue weighted by atomic mass is 10.0. The summed E-state index contributed by atoms with van der Waals surface area (Å²) in [6.45, 7) is 3.98. The van der Waals surface area contributed by atoms with Gasteiger partial charge in [-0.25, -0.2) is 0 Å². The molecule has 0 heterocycles. The number of allylic oxidation sites excluding steroid dienone is 17. The zero-order chi connectivity index (χ0) is 39.3. The molecule has 306 valence electrons. The summed E-state index contributed by atoms with van der Waals surface area (Å²) in [5, 5.41) is 22.4. The van der Waals surface area contributed by atoms with Crippen molar-refractivity contribution in [3.8, 4) is 0 Å². The second-order valence-electron chi connectivity index (χ2n) is 14.4. The highest BCUT2D eigenvalue weighted by Gasteiger charge is 2.17. The van der Waals surface area contributed by atoms with E-state index >= 15 is 0 Å². The average molecular weight is 746 g/mol. The van der Waals surface area contributed by atoms with Crippen molar-refractivity contribution in [2.24, 2.45) is 0 Å². The number of aliphatic hydroxyl groups excluding tert-OH is 2. The Hall–Kier alpha value is -2.95. The van der Waals surface area contributed by atoms with Crippen LogP contribution >= 0.6 is 0 Å². The number of hydrogen-bond acceptors (Lipinski definition) is 3. The van der Waals surface area contributed by atoms with Gasteiger partial charge in [0.25, 0.3) is 0 Å². The molecule has 0 saturated carbocycles. The molecule has 0 aromatic heterocycles. The third-order valence-electron chi connectivity index (χ3n) is 9.24. The van der Waals surface area contributed by atoms with Crippen LogP contribution in [0.1, 0.15) is 181 Å². The van der Waals surface area contributed by atoms with Gasteiger partial charge in [0.1, 0.15) is 0 Å². The fraction of sp³-hybridized carbons (Fsp3) is 0.620. The molecule has 0 aromatic carbocycles. The van der Waals surface area contributed by atoms with Crippen molar-refractivity contribution >= 4 is 5.91 Å². The van der Waals surface area contributed by atoms with E-state index in [0.717, 1.165) is 77.0 Å². The first kappa shape index (κ1) is 51.0. The van der Waals surface area contributed by atoms with Crippen molar-refractivity contribution in [3.63, 3.8) is 0 Å². The van der Waals surface area contributed by atoms with Crippen LogP contribution in [0.5, 0.6) is 0 Å². The van der Waals surface area contributed by atoms with Crippen molar-refractivity contribution in [2.75, 3.05) is 6.61 Å². The van der Waals surface area contributed by atoms with Crippen LogP contribution in [0.15, 0.2) is 109 Å². The highest BCUT2D eigenvalue weighted by molar-refractivity contribution is 5.76. The van der Waals surface area contributed by atoms with Crippen LogP contribution in [0.25, 0.3) is 0 Å². The molecule has 0 aliphatic carbocycles. The van der Waals surface area contributed by atoms with Crippen LogP contribution in [0.4, 0.5) is 0 Å². The van der Waals surface area contributed by atoms with Crippen LogP contribution in [0.3, 0.4) is 0 Å². The van der Waals surface area contributed by atoms with Crippen LogP contribution < -0.4 is 5.32 Å². The quantitative estimate of drug-likeness (QED) is 0.0435. The lowest BCUT2D eigenvalue weighted by Gasteiger charge is -2.19. The number of amides is 1. The molecular formula is C50H83NO3. The maximum absolute atomic E-state index is 12.2. The van der Waals surface area contributed by atoms with Crippen LogP contribution in [-0.4, -0.2) is 34.9 Å². The van der Waals surface area contributed by atoms with Gasteiger partial charge >= 0.3 is 0 Å². The molecule has 4 nitrogen and oxygen atoms in total. The largest absolute Gasteiger partial charge is 0.394 e. The van der Waals surface area contributed by atoms with Crippen molar-refractivity contribution in [1.82, 2.24) is 5.32 Å². The lowest BCUT2D eigenvalue weighted by Crippen LogP contribution is -2.45. The first-order valence-corrected chi connectivity index (χ1v) is 22.1. The molecule has 0 aliphatic rings. The standard InChI is InChI=1S/C50H83NO3/c1-3-5-7-8-9-10-11-12-13-14-15-16-17-18-19-20-21-22-23-24-25-26-27-28-29-30-31-32-33-34-35-36-37-38-39-40-41-42-44-46-50(54)51-48(47-52)49(53)45-43-6-4-2/h5,7,9-10,12-13,15-16,18-19,21-22,24-25,27-28,43,45,48-49,52-53H,3-4,6,8,11,14,17,20,23,26,29-42,44,46-47H2,1-2H3,(H,51,54)/b7-5-,10-9-,13-12-,16-15-,19-18-,22-21-,25-24-,28-27-,45-43+. The monoisotopic (exact) mass is 746 g/mol. The topological polar surface area (TPSA) is 69.6 Å². The smallest absolute Gasteiger partial charge is 0.220 e. The number of nitrogens with one attached hydrogen (secondary N) is 1. The second kappa shape index (κ2) is 44.4. The van der Waals surface area contributed by atoms with E-state index in [-0.39, 0.29) is 12.5 Å². The summed E-state index contributed by atoms with van der Waals surface area (Å²) in [7, 11) is 0. The fourth-order valence-corrected chi connectivity index (χ4v) is 5.91. The van der Waals surface area contributed by atoms with E-state index in [1.165, 1.54) is 83.5 Å². The van der Waals surface area contributed by atoms with E-state index in [1.807, 2.05) is 6.08 Å². The normalized spacial score (nSPS) is 14.1. The summed E-state index contributed by atoms with van der Waals surface area (Å²) in [5.41, 5.74) is 0. The molecule has 0 bridgehead atoms. The molecule has 54 heavy (non-hydrogen) atoms. The van der Waals surface area contributed by atoms with Crippen LogP contribution in [-0.2, 0) is 4.79 Å². The van der Waals surface area contributed by atoms with E-state index in [1.54, 1.807) is 6.08 Å². The maximum atomic E-state index is 12.2. The number of hydrogen-bond donors (Lipinski definition) is 3. The van der Waals surface area contributed by atoms with Gasteiger partial charge in [-0.05, 0) is 77.0 Å². The summed E-state index contributed by atoms with van der Waals surface area (Å²) in [5.74, 6) is -0.0822. The highest BCUT2D eigenvalue weighted by Crippen LogP contribution is 2.14. The van der Waals surface area contributed by atoms with Crippen molar-refractivity contribution < 1.29 is 15.0 Å². The minimum Gasteiger partial charge on any atom is -0.394 e. The molecule has 0 radical (unpaired) electrons. The van der Waals surface area contributed by atoms with Crippen molar-refractivity contribution in [2.45, 2.75) is 193 Å². The first-order valence-electron chi connectivity index (χ1n) is 22.1. The number of unbranched alkanes of at least 4 members (excludes halogenated alkanes) is 15. The Bertz CT molecular complexity index is 1070. The minimum absolute atomic E-state index is 0.0822. The van der Waals surface area contributed by atoms with Gasteiger partial charge in [0.2, 0.25) is 5.91 Å². The molecular weight excluding hydrogens is 663 g/mol. The van der Waals surface area contributed by atoms with Gasteiger partial charge in [-0.1, -0.05) is 207 Å². The Balaban J connectivity index is 3.48. The first-order chi connectivity index (χ1) is 26.7. The van der Waals surface area contributed by atoms with Gasteiger partial charge in [-0.2, -0.15) is 0 Å². The average Bonchev–Trinajstić information content (AvgIpc) is 3.17. The molecule has 2 unspecified atom stereocenters. The Morgan fingerprint density at radius 3 is 1.19 bits per heavy atom. The molecule has 0 rings (SSSR count). The summed E-state index contributed by atoms with van der Waals surface area (Å²) in [6, 6.07) is -0.622. The zero-order valence-corrected chi connectivity index (χ0v) is 34.9. The summed E-state index contributed by atoms with van der Waals surface area (Å²) < 4.78 is 0. The predicted octanol–water partition coefficient (Wildman–Crippen LogP) is 14.0. The maximum Gasteiger partial charge on any atom is 0.220 e. The van der Waals surface area contributed by atoms with Crippen molar-refractivity contribution in [3.05, 3.63) is 109 Å². The summed E-state index contributed by atoms with van der Waals surface area (Å²) in [6.07, 6.45) is 68.5.